The summed E-state index contributed by atoms with van der Waals surface area (Å²) in [6.45, 7) is 16.2. The fraction of sp³-hybridized carbons (Fsp3) is 0.207. The van der Waals surface area contributed by atoms with E-state index in [0.717, 1.165) is 6.42 Å². The van der Waals surface area contributed by atoms with Crippen molar-refractivity contribution in [2.24, 2.45) is 17.3 Å². The van der Waals surface area contributed by atoms with Crippen LogP contribution in [0, 0.1) is 24.2 Å². The van der Waals surface area contributed by atoms with Crippen LogP contribution in [0.2, 0.25) is 0 Å². The first-order valence-corrected chi connectivity index (χ1v) is 22.8. The lowest BCUT2D eigenvalue weighted by Gasteiger charge is -2.29. The Morgan fingerprint density at radius 2 is 1.10 bits per heavy atom. The highest BCUT2D eigenvalue weighted by molar-refractivity contribution is 7.25. The molecule has 61 heavy (non-hydrogen) atoms. The first-order valence-electron chi connectivity index (χ1n) is 22.0. The lowest BCUT2D eigenvalue weighted by molar-refractivity contribution is 0.241. The average Bonchev–Trinajstić information content (AvgIpc) is 3.89. The second kappa shape index (κ2) is 15.4. The van der Waals surface area contributed by atoms with Crippen molar-refractivity contribution in [2.75, 3.05) is 0 Å². The summed E-state index contributed by atoms with van der Waals surface area (Å²) in [5.41, 5.74) is 15.3. The van der Waals surface area contributed by atoms with Gasteiger partial charge in [0.25, 0.3) is 0 Å². The normalized spacial score (nSPS) is 13.0. The molecule has 0 radical (unpaired) electrons. The van der Waals surface area contributed by atoms with Crippen molar-refractivity contribution in [3.05, 3.63) is 175 Å². The number of nitrogens with zero attached hydrogens (tertiary/aromatic N) is 2. The van der Waals surface area contributed by atoms with E-state index in [1.807, 2.05) is 11.3 Å². The first-order chi connectivity index (χ1) is 29.5. The molecule has 1 atom stereocenters. The highest BCUT2D eigenvalue weighted by atomic mass is 32.1. The lowest BCUT2D eigenvalue weighted by Crippen LogP contribution is -2.20. The number of allylic oxidation sites excluding steroid dienone is 1. The van der Waals surface area contributed by atoms with Crippen LogP contribution >= 0.6 is 11.3 Å². The second-order valence-electron chi connectivity index (χ2n) is 18.7. The topological polar surface area (TPSA) is 9.86 Å². The van der Waals surface area contributed by atoms with Gasteiger partial charge in [-0.1, -0.05) is 120 Å². The molecule has 10 aromatic rings. The smallest absolute Gasteiger partial charge is 0.0541 e. The molecule has 7 aromatic carbocycles. The predicted molar refractivity (Wildman–Crippen MR) is 267 cm³/mol. The number of fused-ring (bicyclic) bond motifs is 7. The SMILES string of the molecule is C/C=C\c1c(C)c2ccccc2n1-c1cccc(-c2ccc3sc4ccc(-c5ccc6c(c5)c5ccccc5n6-c5cccc(CC(CC(C)(C)C)C(C)C)c5)cc4c3c2)c1. The van der Waals surface area contributed by atoms with Crippen LogP contribution in [0.15, 0.2) is 158 Å². The molecule has 0 spiro atoms. The van der Waals surface area contributed by atoms with Gasteiger partial charge < -0.3 is 9.13 Å². The van der Waals surface area contributed by atoms with Gasteiger partial charge >= 0.3 is 0 Å². The summed E-state index contributed by atoms with van der Waals surface area (Å²) in [7, 11) is 0. The fourth-order valence-corrected chi connectivity index (χ4v) is 11.0. The third-order valence-electron chi connectivity index (χ3n) is 12.9. The van der Waals surface area contributed by atoms with Gasteiger partial charge in [0.15, 0.2) is 0 Å². The first kappa shape index (κ1) is 39.0. The number of hydrogen-bond acceptors (Lipinski definition) is 1. The van der Waals surface area contributed by atoms with E-state index in [-0.39, 0.29) is 0 Å². The van der Waals surface area contributed by atoms with E-state index in [9.17, 15) is 0 Å². The van der Waals surface area contributed by atoms with Crippen molar-refractivity contribution >= 4 is 70.3 Å². The molecule has 0 amide bonds. The minimum Gasteiger partial charge on any atom is -0.310 e. The van der Waals surface area contributed by atoms with Gasteiger partial charge in [-0.15, -0.1) is 11.3 Å². The Balaban J connectivity index is 1.03. The molecule has 3 aromatic heterocycles. The van der Waals surface area contributed by atoms with Crippen molar-refractivity contribution in [2.45, 2.75) is 61.3 Å². The zero-order chi connectivity index (χ0) is 42.0. The number of benzene rings is 7. The predicted octanol–water partition coefficient (Wildman–Crippen LogP) is 17.0. The van der Waals surface area contributed by atoms with Crippen molar-refractivity contribution in [1.82, 2.24) is 9.13 Å². The Morgan fingerprint density at radius 1 is 0.541 bits per heavy atom. The zero-order valence-corrected chi connectivity index (χ0v) is 37.3. The molecular weight excluding hydrogens is 757 g/mol. The molecule has 0 aliphatic heterocycles. The molecule has 0 saturated carbocycles. The Kier molecular flexibility index (Phi) is 9.84. The molecule has 302 valence electrons. The summed E-state index contributed by atoms with van der Waals surface area (Å²) < 4.78 is 7.50. The molecular formula is C58H54N2S. The molecule has 0 aliphatic carbocycles. The summed E-state index contributed by atoms with van der Waals surface area (Å²) in [5, 5.41) is 6.48. The van der Waals surface area contributed by atoms with E-state index < -0.39 is 0 Å². The molecule has 2 nitrogen and oxygen atoms in total. The number of aromatic nitrogens is 2. The molecule has 3 heterocycles. The van der Waals surface area contributed by atoms with Crippen LogP contribution in [0.25, 0.3) is 92.6 Å². The van der Waals surface area contributed by atoms with Crippen LogP contribution in [0.3, 0.4) is 0 Å². The third kappa shape index (κ3) is 7.09. The summed E-state index contributed by atoms with van der Waals surface area (Å²) in [6.07, 6.45) is 6.69. The summed E-state index contributed by atoms with van der Waals surface area (Å²) in [5.74, 6) is 1.28. The van der Waals surface area contributed by atoms with Gasteiger partial charge in [-0.2, -0.15) is 0 Å². The highest BCUT2D eigenvalue weighted by Gasteiger charge is 2.23. The van der Waals surface area contributed by atoms with E-state index in [2.05, 4.69) is 221 Å². The quantitative estimate of drug-likeness (QED) is 0.137. The Hall–Kier alpha value is -6.16. The van der Waals surface area contributed by atoms with Crippen LogP contribution < -0.4 is 0 Å². The molecule has 0 N–H and O–H groups in total. The van der Waals surface area contributed by atoms with E-state index in [4.69, 9.17) is 0 Å². The molecule has 10 rings (SSSR count). The lowest BCUT2D eigenvalue weighted by atomic mass is 9.77. The van der Waals surface area contributed by atoms with Crippen LogP contribution in [0.4, 0.5) is 0 Å². The summed E-state index contributed by atoms with van der Waals surface area (Å²) in [4.78, 5) is 0. The third-order valence-corrected chi connectivity index (χ3v) is 14.0. The Morgan fingerprint density at radius 3 is 1.75 bits per heavy atom. The van der Waals surface area contributed by atoms with Gasteiger partial charge in [-0.3, -0.25) is 0 Å². The van der Waals surface area contributed by atoms with Crippen LogP contribution in [0.1, 0.15) is 64.8 Å². The molecule has 3 heteroatoms. The molecule has 0 bridgehead atoms. The van der Waals surface area contributed by atoms with E-state index in [1.165, 1.54) is 110 Å². The largest absolute Gasteiger partial charge is 0.310 e. The van der Waals surface area contributed by atoms with E-state index >= 15 is 0 Å². The molecule has 0 fully saturated rings. The Labute approximate surface area is 364 Å². The van der Waals surface area contributed by atoms with Gasteiger partial charge in [0.05, 0.1) is 16.6 Å². The van der Waals surface area contributed by atoms with Crippen molar-refractivity contribution < 1.29 is 0 Å². The number of thiophene rings is 1. The van der Waals surface area contributed by atoms with Gasteiger partial charge in [-0.05, 0) is 156 Å². The van der Waals surface area contributed by atoms with E-state index in [1.54, 1.807) is 0 Å². The molecule has 0 aliphatic rings. The second-order valence-corrected chi connectivity index (χ2v) is 19.7. The summed E-state index contributed by atoms with van der Waals surface area (Å²) >= 11 is 1.88. The van der Waals surface area contributed by atoms with Gasteiger partial charge in [0.2, 0.25) is 0 Å². The van der Waals surface area contributed by atoms with E-state index in [0.29, 0.717) is 17.3 Å². The van der Waals surface area contributed by atoms with Gasteiger partial charge in [0, 0.05) is 53.4 Å². The maximum absolute atomic E-state index is 2.47. The minimum atomic E-state index is 0.309. The zero-order valence-electron chi connectivity index (χ0n) is 36.5. The average molecular weight is 811 g/mol. The minimum absolute atomic E-state index is 0.309. The fourth-order valence-electron chi connectivity index (χ4n) is 9.90. The number of rotatable bonds is 9. The van der Waals surface area contributed by atoms with Gasteiger partial charge in [0.1, 0.15) is 0 Å². The van der Waals surface area contributed by atoms with Gasteiger partial charge in [-0.25, -0.2) is 0 Å². The molecule has 1 unspecified atom stereocenters. The summed E-state index contributed by atoms with van der Waals surface area (Å²) in [6, 6.07) is 57.1. The van der Waals surface area contributed by atoms with Crippen LogP contribution in [0.5, 0.6) is 0 Å². The van der Waals surface area contributed by atoms with Crippen LogP contribution in [-0.2, 0) is 6.42 Å². The Bertz CT molecular complexity index is 3300. The monoisotopic (exact) mass is 810 g/mol. The van der Waals surface area contributed by atoms with Crippen molar-refractivity contribution in [1.29, 1.82) is 0 Å². The number of hydrogen-bond donors (Lipinski definition) is 0. The highest BCUT2D eigenvalue weighted by Crippen LogP contribution is 2.41. The maximum atomic E-state index is 2.47. The van der Waals surface area contributed by atoms with Crippen molar-refractivity contribution in [3.63, 3.8) is 0 Å². The standard InChI is InChI=1S/C58H54N2S/c1-8-15-52-38(4)47-20-9-11-22-53(47)59(52)46-19-14-17-40(32-46)42-25-28-56-50(34-42)51-35-43(26-29-57(51)61-56)41-24-27-55-49(33-41)48-21-10-12-23-54(48)60(55)45-18-13-16-39(31-45)30-44(37(2)3)36-58(5,6)7/h8-29,31-35,37,44H,30,36H2,1-7H3/b15-8-. The van der Waals surface area contributed by atoms with Crippen molar-refractivity contribution in [3.8, 4) is 33.6 Å². The number of aryl methyl sites for hydroxylation is 1. The van der Waals surface area contributed by atoms with Crippen LogP contribution in [-0.4, -0.2) is 9.13 Å². The maximum Gasteiger partial charge on any atom is 0.0541 e. The number of para-hydroxylation sites is 2. The molecule has 0 saturated heterocycles.